The number of carboxylic acid groups (broad SMARTS) is 1. The van der Waals surface area contributed by atoms with Crippen molar-refractivity contribution in [1.82, 2.24) is 4.98 Å². The van der Waals surface area contributed by atoms with E-state index in [2.05, 4.69) is 4.98 Å². The van der Waals surface area contributed by atoms with Gasteiger partial charge in [0.05, 0.1) is 13.7 Å². The van der Waals surface area contributed by atoms with E-state index >= 15 is 0 Å². The second kappa shape index (κ2) is 6.55. The van der Waals surface area contributed by atoms with Crippen LogP contribution >= 0.6 is 0 Å². The lowest BCUT2D eigenvalue weighted by molar-refractivity contribution is -0.134. The average Bonchev–Trinajstić information content (AvgIpc) is 2.79. The van der Waals surface area contributed by atoms with Crippen LogP contribution in [0.4, 0.5) is 0 Å². The molecule has 1 aromatic carbocycles. The van der Waals surface area contributed by atoms with Crippen LogP contribution in [0.2, 0.25) is 0 Å². The summed E-state index contributed by atoms with van der Waals surface area (Å²) in [4.78, 5) is 23.5. The summed E-state index contributed by atoms with van der Waals surface area (Å²) in [5.74, 6) is -0.178. The van der Waals surface area contributed by atoms with Crippen molar-refractivity contribution in [3.8, 4) is 5.75 Å². The molecule has 0 fully saturated rings. The molecule has 1 aromatic heterocycles. The number of ketones is 1. The van der Waals surface area contributed by atoms with E-state index in [1.807, 2.05) is 18.2 Å². The van der Waals surface area contributed by atoms with Gasteiger partial charge >= 0.3 is 0 Å². The summed E-state index contributed by atoms with van der Waals surface area (Å²) in [7, 11) is 1.60. The van der Waals surface area contributed by atoms with Crippen molar-refractivity contribution >= 4 is 22.7 Å². The number of aromatic amines is 1. The Morgan fingerprint density at radius 3 is 2.58 bits per heavy atom. The average molecular weight is 264 g/mol. The number of aliphatic carboxylic acids is 1. The number of ether oxygens (including phenoxy) is 1. The molecule has 0 saturated heterocycles. The lowest BCUT2D eigenvalue weighted by atomic mass is 10.1. The number of carboxylic acids is 1. The first-order valence-corrected chi connectivity index (χ1v) is 5.57. The molecule has 0 spiro atoms. The molecule has 4 N–H and O–H groups in total. The predicted molar refractivity (Wildman–Crippen MR) is 71.5 cm³/mol. The van der Waals surface area contributed by atoms with Gasteiger partial charge in [-0.15, -0.1) is 0 Å². The Balaban J connectivity index is 0.000000399. The minimum atomic E-state index is -0.833. The molecule has 0 aliphatic heterocycles. The maximum absolute atomic E-state index is 11.5. The van der Waals surface area contributed by atoms with Crippen molar-refractivity contribution in [2.24, 2.45) is 5.73 Å². The van der Waals surface area contributed by atoms with Gasteiger partial charge in [0.2, 0.25) is 0 Å². The van der Waals surface area contributed by atoms with E-state index in [0.717, 1.165) is 23.6 Å². The van der Waals surface area contributed by atoms with Gasteiger partial charge in [0.25, 0.3) is 5.97 Å². The molecule has 1 heterocycles. The Hall–Kier alpha value is -2.34. The molecular weight excluding hydrogens is 248 g/mol. The van der Waals surface area contributed by atoms with Crippen LogP contribution in [0.5, 0.6) is 5.75 Å². The van der Waals surface area contributed by atoms with Gasteiger partial charge in [0, 0.05) is 29.6 Å². The number of Topliss-reactive ketones (excluding diaryl/α,β-unsaturated/α-hetero) is 1. The number of H-pyrrole nitrogens is 1. The Morgan fingerprint density at radius 1 is 1.42 bits per heavy atom. The second-order valence-corrected chi connectivity index (χ2v) is 3.76. The van der Waals surface area contributed by atoms with Crippen molar-refractivity contribution in [1.29, 1.82) is 0 Å². The zero-order chi connectivity index (χ0) is 14.4. The van der Waals surface area contributed by atoms with Crippen LogP contribution in [0, 0.1) is 0 Å². The second-order valence-electron chi connectivity index (χ2n) is 3.76. The number of carbonyl (C=O) groups excluding carboxylic acids is 1. The molecule has 0 atom stereocenters. The maximum Gasteiger partial charge on any atom is 0.300 e. The molecule has 0 bridgehead atoms. The zero-order valence-corrected chi connectivity index (χ0v) is 10.8. The number of hydrogen-bond donors (Lipinski definition) is 3. The number of rotatable bonds is 3. The first kappa shape index (κ1) is 14.7. The van der Waals surface area contributed by atoms with Gasteiger partial charge < -0.3 is 20.6 Å². The van der Waals surface area contributed by atoms with Gasteiger partial charge in [-0.3, -0.25) is 9.59 Å². The van der Waals surface area contributed by atoms with Crippen LogP contribution in [-0.4, -0.2) is 35.5 Å². The lowest BCUT2D eigenvalue weighted by Gasteiger charge is -2.00. The van der Waals surface area contributed by atoms with Crippen molar-refractivity contribution < 1.29 is 19.4 Å². The highest BCUT2D eigenvalue weighted by molar-refractivity contribution is 6.08. The quantitative estimate of drug-likeness (QED) is 0.727. The first-order valence-electron chi connectivity index (χ1n) is 5.57. The lowest BCUT2D eigenvalue weighted by Crippen LogP contribution is -2.12. The van der Waals surface area contributed by atoms with Crippen LogP contribution in [0.15, 0.2) is 24.4 Å². The van der Waals surface area contributed by atoms with Gasteiger partial charge in [-0.25, -0.2) is 0 Å². The molecule has 102 valence electrons. The van der Waals surface area contributed by atoms with Crippen molar-refractivity contribution in [2.75, 3.05) is 13.7 Å². The molecule has 2 aromatic rings. The van der Waals surface area contributed by atoms with E-state index in [4.69, 9.17) is 20.4 Å². The number of hydrogen-bond acceptors (Lipinski definition) is 4. The molecule has 0 saturated carbocycles. The molecule has 0 radical (unpaired) electrons. The van der Waals surface area contributed by atoms with Gasteiger partial charge in [-0.2, -0.15) is 0 Å². The summed E-state index contributed by atoms with van der Waals surface area (Å²) in [5.41, 5.74) is 6.86. The number of carbonyl (C=O) groups is 2. The van der Waals surface area contributed by atoms with E-state index in [1.165, 1.54) is 0 Å². The van der Waals surface area contributed by atoms with Gasteiger partial charge in [0.1, 0.15) is 5.75 Å². The first-order chi connectivity index (χ1) is 8.99. The summed E-state index contributed by atoms with van der Waals surface area (Å²) in [6.07, 6.45) is 1.68. The molecule has 0 aliphatic carbocycles. The minimum Gasteiger partial charge on any atom is -0.497 e. The van der Waals surface area contributed by atoms with Gasteiger partial charge in [0.15, 0.2) is 5.78 Å². The van der Waals surface area contributed by atoms with E-state index in [9.17, 15) is 4.79 Å². The van der Waals surface area contributed by atoms with Gasteiger partial charge in [-0.05, 0) is 18.2 Å². The molecule has 0 aliphatic rings. The molecule has 0 amide bonds. The highest BCUT2D eigenvalue weighted by Crippen LogP contribution is 2.23. The topological polar surface area (TPSA) is 105 Å². The standard InChI is InChI=1S/C11H12N2O2.C2H4O2/c1-15-7-2-3-10-8(4-7)9(6-13-10)11(14)5-12;1-2(3)4/h2-4,6,13H,5,12H2,1H3;1H3,(H,3,4). The largest absolute Gasteiger partial charge is 0.497 e. The molecule has 2 rings (SSSR count). The molecular formula is C13H16N2O4. The zero-order valence-electron chi connectivity index (χ0n) is 10.8. The fraction of sp³-hybridized carbons (Fsp3) is 0.231. The van der Waals surface area contributed by atoms with E-state index in [-0.39, 0.29) is 12.3 Å². The SMILES string of the molecule is CC(=O)O.COc1ccc2[nH]cc(C(=O)CN)c2c1. The Kier molecular flexibility index (Phi) is 5.08. The third-order valence-electron chi connectivity index (χ3n) is 2.37. The summed E-state index contributed by atoms with van der Waals surface area (Å²) in [6.45, 7) is 1.10. The molecule has 19 heavy (non-hydrogen) atoms. The van der Waals surface area contributed by atoms with E-state index in [0.29, 0.717) is 5.56 Å². The summed E-state index contributed by atoms with van der Waals surface area (Å²) < 4.78 is 5.10. The molecule has 6 heteroatoms. The fourth-order valence-electron chi connectivity index (χ4n) is 1.57. The number of benzene rings is 1. The van der Waals surface area contributed by atoms with Gasteiger partial charge in [-0.1, -0.05) is 0 Å². The highest BCUT2D eigenvalue weighted by Gasteiger charge is 2.10. The fourth-order valence-corrected chi connectivity index (χ4v) is 1.57. The van der Waals surface area contributed by atoms with E-state index < -0.39 is 5.97 Å². The van der Waals surface area contributed by atoms with Crippen LogP contribution in [0.3, 0.4) is 0 Å². The summed E-state index contributed by atoms with van der Waals surface area (Å²) in [6, 6.07) is 5.55. The highest BCUT2D eigenvalue weighted by atomic mass is 16.5. The summed E-state index contributed by atoms with van der Waals surface area (Å²) in [5, 5.41) is 8.27. The smallest absolute Gasteiger partial charge is 0.300 e. The molecule has 0 unspecified atom stereocenters. The van der Waals surface area contributed by atoms with Crippen LogP contribution < -0.4 is 10.5 Å². The minimum absolute atomic E-state index is 0.0180. The normalized spacial score (nSPS) is 9.63. The van der Waals surface area contributed by atoms with Crippen molar-refractivity contribution in [3.63, 3.8) is 0 Å². The maximum atomic E-state index is 11.5. The van der Waals surface area contributed by atoms with Crippen molar-refractivity contribution in [3.05, 3.63) is 30.0 Å². The Bertz CT molecular complexity index is 585. The van der Waals surface area contributed by atoms with Crippen LogP contribution in [0.25, 0.3) is 10.9 Å². The van der Waals surface area contributed by atoms with Crippen LogP contribution in [-0.2, 0) is 4.79 Å². The van der Waals surface area contributed by atoms with Crippen molar-refractivity contribution in [2.45, 2.75) is 6.92 Å². The number of fused-ring (bicyclic) bond motifs is 1. The Labute approximate surface area is 110 Å². The Morgan fingerprint density at radius 2 is 2.05 bits per heavy atom. The number of aromatic nitrogens is 1. The van der Waals surface area contributed by atoms with Crippen LogP contribution in [0.1, 0.15) is 17.3 Å². The van der Waals surface area contributed by atoms with E-state index in [1.54, 1.807) is 13.3 Å². The predicted octanol–water partition coefficient (Wildman–Crippen LogP) is 1.41. The molecule has 6 nitrogen and oxygen atoms in total. The third kappa shape index (κ3) is 3.82. The number of nitrogens with two attached hydrogens (primary N) is 1. The number of methoxy groups -OCH3 is 1. The number of nitrogens with one attached hydrogen (secondary N) is 1. The monoisotopic (exact) mass is 264 g/mol. The third-order valence-corrected chi connectivity index (χ3v) is 2.37. The summed E-state index contributed by atoms with van der Waals surface area (Å²) >= 11 is 0.